The topological polar surface area (TPSA) is 289 Å². The average Bonchev–Trinajstić information content (AvgIpc) is 1.58. The van der Waals surface area contributed by atoms with Gasteiger partial charge in [0, 0.05) is 201 Å². The number of piperidine rings is 2. The molecule has 4 aliphatic rings. The molecule has 0 aliphatic carbocycles. The number of benzene rings is 10. The number of halogens is 5. The van der Waals surface area contributed by atoms with Crippen LogP contribution in [0.15, 0.2) is 254 Å². The van der Waals surface area contributed by atoms with E-state index in [4.69, 9.17) is 23.2 Å². The number of piperazine rings is 2. The monoisotopic (exact) mass is 2100 g/mol. The number of anilines is 8. The lowest BCUT2D eigenvalue weighted by Gasteiger charge is -2.37. The minimum atomic E-state index is -3.97. The summed E-state index contributed by atoms with van der Waals surface area (Å²) in [5.41, 5.74) is 12.9. The van der Waals surface area contributed by atoms with E-state index in [-0.39, 0.29) is 61.4 Å². The molecule has 0 spiro atoms. The van der Waals surface area contributed by atoms with Gasteiger partial charge in [-0.3, -0.25) is 19.0 Å². The number of likely N-dealkylation sites (tertiary alicyclic amines) is 2. The molecule has 0 amide bonds. The van der Waals surface area contributed by atoms with Crippen molar-refractivity contribution in [2.45, 2.75) is 147 Å². The number of sulfonamides is 2. The highest BCUT2D eigenvalue weighted by Gasteiger charge is 2.36. The molecule has 0 saturated carbocycles. The van der Waals surface area contributed by atoms with Crippen LogP contribution in [0.2, 0.25) is 10.0 Å². The zero-order valence-electron chi connectivity index (χ0n) is 81.8. The van der Waals surface area contributed by atoms with E-state index in [1.165, 1.54) is 59.5 Å². The molecular formula is C108H123Cl2F3N12O12S6. The summed E-state index contributed by atoms with van der Waals surface area (Å²) < 4.78 is 164. The maximum absolute atomic E-state index is 15.7. The minimum Gasteiger partial charge on any atom is -0.481 e. The summed E-state index contributed by atoms with van der Waals surface area (Å²) in [6.07, 6.45) is 6.46. The summed E-state index contributed by atoms with van der Waals surface area (Å²) in [7, 11) is -15.4. The van der Waals surface area contributed by atoms with Crippen LogP contribution in [-0.2, 0) is 49.3 Å². The number of rotatable bonds is 36. The molecule has 4 aliphatic heterocycles. The van der Waals surface area contributed by atoms with Crippen molar-refractivity contribution in [3.05, 3.63) is 274 Å². The van der Waals surface area contributed by atoms with E-state index in [1.807, 2.05) is 136 Å². The maximum atomic E-state index is 15.7. The third kappa shape index (κ3) is 26.2. The first-order valence-corrected chi connectivity index (χ1v) is 57.6. The quantitative estimate of drug-likeness (QED) is 0.0199. The fraction of sp³-hybridized carbons (Fsp3) is 0.352. The Morgan fingerprint density at radius 1 is 0.413 bits per heavy atom. The highest BCUT2D eigenvalue weighted by Crippen LogP contribution is 2.48. The minimum absolute atomic E-state index is 0.0809. The number of thioether (sulfide) groups is 2. The fourth-order valence-corrected chi connectivity index (χ4v) is 26.7. The van der Waals surface area contributed by atoms with E-state index >= 15 is 8.78 Å². The van der Waals surface area contributed by atoms with E-state index in [0.717, 1.165) is 89.8 Å². The Labute approximate surface area is 856 Å². The Kier molecular flexibility index (Phi) is 34.2. The van der Waals surface area contributed by atoms with E-state index in [0.29, 0.717) is 180 Å². The number of carboxylic acid groups (broad SMARTS) is 2. The first kappa shape index (κ1) is 106. The zero-order chi connectivity index (χ0) is 102. The Bertz CT molecular complexity index is 7040. The molecule has 0 bridgehead atoms. The summed E-state index contributed by atoms with van der Waals surface area (Å²) in [4.78, 5) is 38.4. The number of aromatic nitrogens is 2. The molecule has 0 unspecified atom stereocenters. The number of hydrogen-bond donors (Lipinski definition) is 6. The number of nitrogens with zero attached hydrogens (tertiary/aromatic N) is 8. The van der Waals surface area contributed by atoms with E-state index in [2.05, 4.69) is 61.6 Å². The van der Waals surface area contributed by atoms with Crippen molar-refractivity contribution in [1.29, 1.82) is 0 Å². The van der Waals surface area contributed by atoms with E-state index in [1.54, 1.807) is 123 Å². The van der Waals surface area contributed by atoms with E-state index < -0.39 is 63.3 Å². The summed E-state index contributed by atoms with van der Waals surface area (Å²) in [5.74, 6) is -1.95. The van der Waals surface area contributed by atoms with E-state index in [9.17, 15) is 57.9 Å². The second-order valence-corrected chi connectivity index (χ2v) is 48.2. The van der Waals surface area contributed by atoms with Crippen molar-refractivity contribution in [2.75, 3.05) is 155 Å². The Morgan fingerprint density at radius 2 is 0.769 bits per heavy atom. The normalized spacial score (nSPS) is 15.5. The van der Waals surface area contributed by atoms with Gasteiger partial charge < -0.3 is 59.4 Å². The predicted octanol–water partition coefficient (Wildman–Crippen LogP) is 22.3. The molecule has 2 aromatic heterocycles. The molecule has 6 N–H and O–H groups in total. The number of aryl methyl sites for hydroxylation is 2. The molecule has 10 aromatic carbocycles. The molecule has 16 rings (SSSR count). The SMILES string of the molecule is Cc1cc(S(=O)(=O)Nc2ccc(N3CCN(c4cc(F)cc(-c5c(S(C)(=O)=O)c(C)n(C(C)C)c5-c5ccc(Cl)cc5)c4)CC3)cc2)ccc1N[C@H](CCN1CCC(C(=O)O)CC1)CSc1ccccc1.Cc1cc(S(=O)(=O)Nc2ccc(N3CCN(c4cc(F)cc(-c5c(S(C)(=O)=O)c(C)n(C(C)C)c5-c5ccc(Cl)cc5)c4)CC3)cc2)ccc1N[C@H](CCN1CCC(C(=O)O)CC1)CSc1ccccc1F. The lowest BCUT2D eigenvalue weighted by molar-refractivity contribution is -0.144. The van der Waals surface area contributed by atoms with Crippen LogP contribution in [0.3, 0.4) is 0 Å². The largest absolute Gasteiger partial charge is 0.481 e. The van der Waals surface area contributed by atoms with Gasteiger partial charge in [0.1, 0.15) is 17.5 Å². The number of aliphatic carboxylic acids is 2. The van der Waals surface area contributed by atoms with Crippen molar-refractivity contribution >= 4 is 144 Å². The Balaban J connectivity index is 0.000000215. The summed E-state index contributed by atoms with van der Waals surface area (Å²) >= 11 is 15.7. The second-order valence-electron chi connectivity index (χ2n) is 37.9. The molecule has 758 valence electrons. The van der Waals surface area contributed by atoms with Gasteiger partial charge in [0.05, 0.1) is 42.8 Å². The van der Waals surface area contributed by atoms with Crippen LogP contribution in [-0.4, -0.2) is 202 Å². The smallest absolute Gasteiger partial charge is 0.306 e. The van der Waals surface area contributed by atoms with Gasteiger partial charge in [0.25, 0.3) is 20.0 Å². The van der Waals surface area contributed by atoms with Gasteiger partial charge in [-0.2, -0.15) is 0 Å². The molecule has 4 fully saturated rings. The van der Waals surface area contributed by atoms with Crippen LogP contribution in [0.5, 0.6) is 0 Å². The third-order valence-corrected chi connectivity index (χ3v) is 35.2. The number of nitrogens with one attached hydrogen (secondary N) is 4. The lowest BCUT2D eigenvalue weighted by atomic mass is 9.97. The molecule has 24 nitrogen and oxygen atoms in total. The highest BCUT2D eigenvalue weighted by molar-refractivity contribution is 7.99. The number of carbonyl (C=O) groups is 2. The zero-order valence-corrected chi connectivity index (χ0v) is 88.2. The molecule has 6 heterocycles. The van der Waals surface area contributed by atoms with Gasteiger partial charge >= 0.3 is 11.9 Å². The molecular weight excluding hydrogens is 1980 g/mol. The highest BCUT2D eigenvalue weighted by atomic mass is 35.5. The van der Waals surface area contributed by atoms with Gasteiger partial charge in [-0.25, -0.2) is 46.8 Å². The molecule has 12 aromatic rings. The van der Waals surface area contributed by atoms with Gasteiger partial charge in [-0.05, 0) is 323 Å². The first-order valence-electron chi connectivity index (χ1n) is 48.1. The Morgan fingerprint density at radius 3 is 1.12 bits per heavy atom. The van der Waals surface area contributed by atoms with Gasteiger partial charge in [0.15, 0.2) is 19.7 Å². The van der Waals surface area contributed by atoms with Crippen LogP contribution < -0.4 is 39.7 Å². The van der Waals surface area contributed by atoms with Crippen LogP contribution in [0.1, 0.15) is 101 Å². The first-order chi connectivity index (χ1) is 68.1. The van der Waals surface area contributed by atoms with Crippen molar-refractivity contribution in [3.8, 4) is 44.8 Å². The Hall–Kier alpha value is -11.1. The average molecular weight is 2100 g/mol. The summed E-state index contributed by atoms with van der Waals surface area (Å²) in [6, 6.07) is 65.2. The van der Waals surface area contributed by atoms with Gasteiger partial charge in [-0.1, -0.05) is 77.8 Å². The molecule has 0 radical (unpaired) electrons. The number of sulfone groups is 2. The van der Waals surface area contributed by atoms with Crippen molar-refractivity contribution < 1.29 is 66.6 Å². The number of hydrogen-bond acceptors (Lipinski definition) is 20. The third-order valence-electron chi connectivity index (χ3n) is 27.1. The van der Waals surface area contributed by atoms with Crippen LogP contribution in [0.25, 0.3) is 44.8 Å². The van der Waals surface area contributed by atoms with Crippen molar-refractivity contribution in [3.63, 3.8) is 0 Å². The fourth-order valence-electron chi connectivity index (χ4n) is 19.8. The van der Waals surface area contributed by atoms with Crippen LogP contribution >= 0.6 is 46.7 Å². The van der Waals surface area contributed by atoms with Crippen molar-refractivity contribution in [1.82, 2.24) is 18.9 Å². The van der Waals surface area contributed by atoms with Crippen LogP contribution in [0, 0.1) is 57.0 Å². The molecule has 2 atom stereocenters. The summed E-state index contributed by atoms with van der Waals surface area (Å²) in [5, 5.41) is 27.2. The van der Waals surface area contributed by atoms with Gasteiger partial charge in [0.2, 0.25) is 0 Å². The van der Waals surface area contributed by atoms with Crippen molar-refractivity contribution in [2.24, 2.45) is 11.8 Å². The maximum Gasteiger partial charge on any atom is 0.306 e. The number of carboxylic acids is 2. The van der Waals surface area contributed by atoms with Gasteiger partial charge in [-0.15, -0.1) is 23.5 Å². The summed E-state index contributed by atoms with van der Waals surface area (Å²) in [6.45, 7) is 24.4. The molecule has 143 heavy (non-hydrogen) atoms. The standard InChI is InChI=1S/C54H61ClF2N6O6S3.C54H62ClFN6O6S3/c1-35(2)63-37(4)53(71(5,66)67)51(52(63)38-10-12-41(55)13-11-38)40-31-42(56)33-46(32-40)62-28-26-61(27-29-62)45-16-14-43(15-17-45)59-72(68,69)47-18-19-49(36(3)30-47)58-44(34-70-50-9-7-6-8-48(50)57)22-25-60-23-20-39(21-24-60)54(64)65;1-36(2)62-38(4)53(70(5,65)66)51(52(62)39-11-13-42(55)14-12-39)41-32-43(56)34-47(33-41)61-29-27-60(28-30-61)46-17-15-44(16-18-46)58-71(67,68)49-19-20-50(37(3)31-49)57-45(35-69-48-9-7-6-8-10-48)23-26-59-24-21-40(22-25-59)54(63)64/h6-19,30-33,35,39,44,58-59H,20-29,34H2,1-5H3,(H,64,65);6-20,31-34,36,40,45,57-58H,21-30,35H2,1-5H3,(H,63,64)/t44-;45-/m11/s1. The predicted molar refractivity (Wildman–Crippen MR) is 575 cm³/mol. The molecule has 4 saturated heterocycles. The second kappa shape index (κ2) is 46.1. The molecule has 35 heteroatoms. The lowest BCUT2D eigenvalue weighted by Crippen LogP contribution is -2.46. The van der Waals surface area contributed by atoms with Crippen LogP contribution in [0.4, 0.5) is 58.7 Å².